The highest BCUT2D eigenvalue weighted by Gasteiger charge is 2.19. The van der Waals surface area contributed by atoms with Gasteiger partial charge in [-0.3, -0.25) is 14.4 Å². The SMILES string of the molecule is CC/C=C\C/C=C\C/C=C\C/C=C\C/C=C\C/C=C\CCCCCCCCCCCCCCCCC(=O)OCC(COC(=O)CCCCCCCC)OC(=O)CCCCCCCCCCCC. The van der Waals surface area contributed by atoms with Gasteiger partial charge in [-0.1, -0.05) is 261 Å². The lowest BCUT2D eigenvalue weighted by Crippen LogP contribution is -2.30. The van der Waals surface area contributed by atoms with Crippen LogP contribution in [0.5, 0.6) is 0 Å². The summed E-state index contributed by atoms with van der Waals surface area (Å²) in [5.41, 5.74) is 0. The number of rotatable bonds is 51. The fourth-order valence-corrected chi connectivity index (χ4v) is 7.98. The summed E-state index contributed by atoms with van der Waals surface area (Å²) in [4.78, 5) is 37.7. The second-order valence-electron chi connectivity index (χ2n) is 18.8. The van der Waals surface area contributed by atoms with E-state index in [1.807, 2.05) is 0 Å². The van der Waals surface area contributed by atoms with Gasteiger partial charge in [0.05, 0.1) is 0 Å². The van der Waals surface area contributed by atoms with E-state index in [1.54, 1.807) is 0 Å². The number of esters is 3. The van der Waals surface area contributed by atoms with Crippen molar-refractivity contribution < 1.29 is 28.6 Å². The van der Waals surface area contributed by atoms with Gasteiger partial charge < -0.3 is 14.2 Å². The van der Waals surface area contributed by atoms with E-state index in [1.165, 1.54) is 141 Å². The van der Waals surface area contributed by atoms with Crippen molar-refractivity contribution in [3.05, 3.63) is 72.9 Å². The summed E-state index contributed by atoms with van der Waals surface area (Å²) in [6, 6.07) is 0. The lowest BCUT2D eigenvalue weighted by atomic mass is 10.0. The van der Waals surface area contributed by atoms with Gasteiger partial charge >= 0.3 is 17.9 Å². The fourth-order valence-electron chi connectivity index (χ4n) is 7.98. The standard InChI is InChI=1S/C61H106O6/c1-4-7-10-13-16-18-20-21-22-23-24-25-26-27-28-29-30-31-32-33-34-35-36-37-38-39-40-41-42-44-45-48-51-54-60(63)66-57-58(56-65-59(62)53-50-47-15-12-9-6-3)67-61(64)55-52-49-46-43-19-17-14-11-8-5-2/h7,10,16,18,21-22,24-25,27-28,30-31,58H,4-6,8-9,11-15,17,19-20,23,26,29,32-57H2,1-3H3/b10-7-,18-16-,22-21-,25-24-,28-27-,31-30-. The maximum Gasteiger partial charge on any atom is 0.306 e. The summed E-state index contributed by atoms with van der Waals surface area (Å²) in [5, 5.41) is 0. The summed E-state index contributed by atoms with van der Waals surface area (Å²) in [6.45, 7) is 6.46. The molecule has 6 nitrogen and oxygen atoms in total. The number of ether oxygens (including phenoxy) is 3. The molecule has 0 heterocycles. The van der Waals surface area contributed by atoms with Gasteiger partial charge in [-0.25, -0.2) is 0 Å². The molecule has 0 spiro atoms. The van der Waals surface area contributed by atoms with E-state index in [-0.39, 0.29) is 31.1 Å². The van der Waals surface area contributed by atoms with Crippen LogP contribution >= 0.6 is 0 Å². The molecule has 0 aromatic carbocycles. The largest absolute Gasteiger partial charge is 0.462 e. The van der Waals surface area contributed by atoms with Crippen molar-refractivity contribution in [1.82, 2.24) is 0 Å². The Morgan fingerprint density at radius 2 is 0.582 bits per heavy atom. The highest BCUT2D eigenvalue weighted by Crippen LogP contribution is 2.16. The minimum atomic E-state index is -0.766. The molecule has 0 amide bonds. The third-order valence-corrected chi connectivity index (χ3v) is 12.2. The monoisotopic (exact) mass is 935 g/mol. The molecular formula is C61H106O6. The molecule has 0 fully saturated rings. The molecule has 0 rings (SSSR count). The molecule has 0 aliphatic rings. The van der Waals surface area contributed by atoms with Crippen LogP contribution in [-0.2, 0) is 28.6 Å². The van der Waals surface area contributed by atoms with Crippen molar-refractivity contribution in [1.29, 1.82) is 0 Å². The van der Waals surface area contributed by atoms with Gasteiger partial charge in [0.1, 0.15) is 13.2 Å². The first kappa shape index (κ1) is 63.8. The molecule has 0 N–H and O–H groups in total. The zero-order chi connectivity index (χ0) is 48.6. The highest BCUT2D eigenvalue weighted by atomic mass is 16.6. The Balaban J connectivity index is 3.94. The fraction of sp³-hybridized carbons (Fsp3) is 0.754. The second-order valence-corrected chi connectivity index (χ2v) is 18.8. The predicted molar refractivity (Wildman–Crippen MR) is 288 cm³/mol. The van der Waals surface area contributed by atoms with Gasteiger partial charge in [0.2, 0.25) is 0 Å². The summed E-state index contributed by atoms with van der Waals surface area (Å²) >= 11 is 0. The molecule has 0 saturated carbocycles. The molecule has 1 unspecified atom stereocenters. The van der Waals surface area contributed by atoms with Crippen molar-refractivity contribution >= 4 is 17.9 Å². The zero-order valence-corrected chi connectivity index (χ0v) is 44.2. The highest BCUT2D eigenvalue weighted by molar-refractivity contribution is 5.71. The van der Waals surface area contributed by atoms with E-state index in [0.717, 1.165) is 96.3 Å². The third kappa shape index (κ3) is 53.7. The Kier molecular flexibility index (Phi) is 52.8. The average molecular weight is 936 g/mol. The number of hydrogen-bond acceptors (Lipinski definition) is 6. The van der Waals surface area contributed by atoms with Crippen molar-refractivity contribution in [2.45, 2.75) is 284 Å². The van der Waals surface area contributed by atoms with Crippen molar-refractivity contribution in [3.8, 4) is 0 Å². The molecule has 386 valence electrons. The van der Waals surface area contributed by atoms with Gasteiger partial charge in [-0.05, 0) is 70.6 Å². The Hall–Kier alpha value is -3.15. The molecule has 0 aliphatic heterocycles. The third-order valence-electron chi connectivity index (χ3n) is 12.2. The zero-order valence-electron chi connectivity index (χ0n) is 44.2. The molecule has 0 aromatic heterocycles. The predicted octanol–water partition coefficient (Wildman–Crippen LogP) is 19.0. The van der Waals surface area contributed by atoms with E-state index in [2.05, 4.69) is 93.7 Å². The summed E-state index contributed by atoms with van der Waals surface area (Å²) < 4.78 is 16.7. The van der Waals surface area contributed by atoms with Crippen LogP contribution in [-0.4, -0.2) is 37.2 Å². The van der Waals surface area contributed by atoms with Crippen LogP contribution in [0, 0.1) is 0 Å². The molecule has 0 bridgehead atoms. The Morgan fingerprint density at radius 3 is 0.910 bits per heavy atom. The molecule has 67 heavy (non-hydrogen) atoms. The van der Waals surface area contributed by atoms with Gasteiger partial charge in [0, 0.05) is 19.3 Å². The second kappa shape index (κ2) is 55.4. The van der Waals surface area contributed by atoms with E-state index < -0.39 is 6.10 Å². The van der Waals surface area contributed by atoms with E-state index >= 15 is 0 Å². The van der Waals surface area contributed by atoms with Gasteiger partial charge in [-0.2, -0.15) is 0 Å². The van der Waals surface area contributed by atoms with Gasteiger partial charge in [0.15, 0.2) is 6.10 Å². The van der Waals surface area contributed by atoms with Gasteiger partial charge in [-0.15, -0.1) is 0 Å². The quantitative estimate of drug-likeness (QED) is 0.0262. The van der Waals surface area contributed by atoms with Crippen LogP contribution < -0.4 is 0 Å². The van der Waals surface area contributed by atoms with Gasteiger partial charge in [0.25, 0.3) is 0 Å². The Morgan fingerprint density at radius 1 is 0.313 bits per heavy atom. The van der Waals surface area contributed by atoms with Crippen molar-refractivity contribution in [3.63, 3.8) is 0 Å². The number of hydrogen-bond donors (Lipinski definition) is 0. The number of carbonyl (C=O) groups excluding carboxylic acids is 3. The Labute approximate surface area is 414 Å². The van der Waals surface area contributed by atoms with Crippen molar-refractivity contribution in [2.75, 3.05) is 13.2 Å². The summed E-state index contributed by atoms with van der Waals surface area (Å²) in [5.74, 6) is -0.877. The van der Waals surface area contributed by atoms with E-state index in [0.29, 0.717) is 19.3 Å². The Bertz CT molecular complexity index is 1260. The van der Waals surface area contributed by atoms with E-state index in [4.69, 9.17) is 14.2 Å². The summed E-state index contributed by atoms with van der Waals surface area (Å²) in [7, 11) is 0. The number of unbranched alkanes of at least 4 members (excludes halogenated alkanes) is 28. The number of allylic oxidation sites excluding steroid dienone is 12. The first-order valence-corrected chi connectivity index (χ1v) is 28.4. The lowest BCUT2D eigenvalue weighted by molar-refractivity contribution is -0.167. The number of carbonyl (C=O) groups is 3. The molecule has 1 atom stereocenters. The first-order chi connectivity index (χ1) is 33.0. The summed E-state index contributed by atoms with van der Waals surface area (Å²) in [6.07, 6.45) is 70.9. The minimum Gasteiger partial charge on any atom is -0.462 e. The first-order valence-electron chi connectivity index (χ1n) is 28.4. The maximum absolute atomic E-state index is 12.7. The minimum absolute atomic E-state index is 0.0714. The van der Waals surface area contributed by atoms with Crippen LogP contribution in [0.1, 0.15) is 278 Å². The normalized spacial score (nSPS) is 12.6. The molecule has 0 aliphatic carbocycles. The molecule has 0 radical (unpaired) electrons. The van der Waals surface area contributed by atoms with Crippen LogP contribution in [0.4, 0.5) is 0 Å². The van der Waals surface area contributed by atoms with Crippen molar-refractivity contribution in [2.24, 2.45) is 0 Å². The molecular weight excluding hydrogens is 829 g/mol. The average Bonchev–Trinajstić information content (AvgIpc) is 3.33. The van der Waals surface area contributed by atoms with Crippen LogP contribution in [0.2, 0.25) is 0 Å². The molecule has 6 heteroatoms. The topological polar surface area (TPSA) is 78.9 Å². The maximum atomic E-state index is 12.7. The van der Waals surface area contributed by atoms with Crippen LogP contribution in [0.3, 0.4) is 0 Å². The van der Waals surface area contributed by atoms with Crippen LogP contribution in [0.25, 0.3) is 0 Å². The lowest BCUT2D eigenvalue weighted by Gasteiger charge is -2.18. The molecule has 0 aromatic rings. The molecule has 0 saturated heterocycles. The van der Waals surface area contributed by atoms with E-state index in [9.17, 15) is 14.4 Å². The smallest absolute Gasteiger partial charge is 0.306 e. The van der Waals surface area contributed by atoms with Crippen LogP contribution in [0.15, 0.2) is 72.9 Å².